The van der Waals surface area contributed by atoms with Crippen LogP contribution in [-0.4, -0.2) is 39.3 Å². The van der Waals surface area contributed by atoms with Gasteiger partial charge in [-0.05, 0) is 13.0 Å². The van der Waals surface area contributed by atoms with Crippen molar-refractivity contribution in [3.05, 3.63) is 23.4 Å². The summed E-state index contributed by atoms with van der Waals surface area (Å²) >= 11 is -3.56. The largest absolute Gasteiger partial charge is 0.508 e. The third kappa shape index (κ3) is 3.23. The van der Waals surface area contributed by atoms with Crippen molar-refractivity contribution in [1.82, 2.24) is 9.38 Å². The van der Waals surface area contributed by atoms with Crippen LogP contribution in [0.4, 0.5) is 13.2 Å². The molecule has 0 aliphatic heterocycles. The molecule has 0 fully saturated rings. The molecule has 23 heavy (non-hydrogen) atoms. The number of ether oxygens (including phenoxy) is 2. The molecule has 2 aromatic heterocycles. The van der Waals surface area contributed by atoms with Crippen LogP contribution < -0.4 is 8.92 Å². The molecule has 0 radical (unpaired) electrons. The molecule has 0 saturated carbocycles. The van der Waals surface area contributed by atoms with Crippen molar-refractivity contribution in [3.8, 4) is 11.8 Å². The molecule has 0 saturated heterocycles. The summed E-state index contributed by atoms with van der Waals surface area (Å²) in [7, 11) is 2.49. The number of nitrogens with zero attached hydrogens (tertiary/aromatic N) is 2. The van der Waals surface area contributed by atoms with Gasteiger partial charge in [0.2, 0.25) is 0 Å². The Hall–Kier alpha value is -2.30. The van der Waals surface area contributed by atoms with Gasteiger partial charge in [-0.1, -0.05) is 0 Å². The molecule has 1 unspecified atom stereocenters. The molecule has 0 aliphatic rings. The number of hydrogen-bond donors (Lipinski definition) is 0. The van der Waals surface area contributed by atoms with E-state index in [4.69, 9.17) is 4.74 Å². The second-order valence-corrected chi connectivity index (χ2v) is 5.34. The molecule has 0 bridgehead atoms. The zero-order valence-corrected chi connectivity index (χ0v) is 12.9. The van der Waals surface area contributed by atoms with Crippen molar-refractivity contribution in [2.45, 2.75) is 12.4 Å². The van der Waals surface area contributed by atoms with Crippen molar-refractivity contribution in [1.29, 1.82) is 0 Å². The predicted molar refractivity (Wildman–Crippen MR) is 72.6 cm³/mol. The number of esters is 1. The van der Waals surface area contributed by atoms with Gasteiger partial charge in [0.1, 0.15) is 5.65 Å². The Morgan fingerprint density at radius 1 is 1.30 bits per heavy atom. The number of hydrogen-bond acceptors (Lipinski definition) is 6. The third-order valence-corrected chi connectivity index (χ3v) is 3.54. The summed E-state index contributed by atoms with van der Waals surface area (Å²) in [4.78, 5) is 15.4. The number of methoxy groups -OCH3 is 2. The molecule has 126 valence electrons. The van der Waals surface area contributed by atoms with E-state index in [1.165, 1.54) is 37.7 Å². The number of carbonyl (C=O) groups excluding carboxylic acids is 1. The second kappa shape index (κ2) is 6.07. The van der Waals surface area contributed by atoms with Gasteiger partial charge in [0.15, 0.2) is 5.88 Å². The lowest BCUT2D eigenvalue weighted by Gasteiger charge is -2.08. The average molecular weight is 352 g/mol. The summed E-state index contributed by atoms with van der Waals surface area (Å²) in [6.07, 6.45) is 0. The Morgan fingerprint density at radius 2 is 1.96 bits per heavy atom. The number of carbonyl (C=O) groups is 1. The Bertz CT molecular complexity index is 787. The van der Waals surface area contributed by atoms with Crippen LogP contribution in [0.5, 0.6) is 11.8 Å². The van der Waals surface area contributed by atoms with Gasteiger partial charge >= 0.3 is 22.6 Å². The van der Waals surface area contributed by atoms with Gasteiger partial charge in [0, 0.05) is 6.07 Å². The van der Waals surface area contributed by atoms with E-state index < -0.39 is 28.4 Å². The molecule has 0 spiro atoms. The maximum absolute atomic E-state index is 12.3. The number of fused-ring (bicyclic) bond motifs is 1. The van der Waals surface area contributed by atoms with Gasteiger partial charge in [-0.2, -0.15) is 18.2 Å². The van der Waals surface area contributed by atoms with Gasteiger partial charge in [0.05, 0.1) is 25.5 Å². The predicted octanol–water partition coefficient (Wildman–Crippen LogP) is 2.00. The number of rotatable bonds is 4. The van der Waals surface area contributed by atoms with Gasteiger partial charge < -0.3 is 13.7 Å². The Labute approximate surface area is 130 Å². The molecule has 7 nitrogen and oxygen atoms in total. The molecule has 2 rings (SSSR count). The summed E-state index contributed by atoms with van der Waals surface area (Å²) in [6.45, 7) is 1.41. The molecule has 0 aliphatic carbocycles. The van der Waals surface area contributed by atoms with Crippen molar-refractivity contribution >= 4 is 22.7 Å². The van der Waals surface area contributed by atoms with Crippen LogP contribution in [-0.2, 0) is 15.8 Å². The minimum Gasteiger partial charge on any atom is -0.482 e. The van der Waals surface area contributed by atoms with Crippen LogP contribution in [0, 0.1) is 6.92 Å². The fraction of sp³-hybridized carbons (Fsp3) is 0.333. The second-order valence-electron chi connectivity index (χ2n) is 4.24. The first-order valence-corrected chi connectivity index (χ1v) is 7.09. The molecule has 0 N–H and O–H groups in total. The van der Waals surface area contributed by atoms with Crippen LogP contribution in [0.25, 0.3) is 5.65 Å². The first-order chi connectivity index (χ1) is 10.7. The fourth-order valence-corrected chi connectivity index (χ4v) is 2.24. The van der Waals surface area contributed by atoms with Crippen LogP contribution in [0.15, 0.2) is 12.1 Å². The van der Waals surface area contributed by atoms with Gasteiger partial charge in [-0.15, -0.1) is 0 Å². The molecule has 2 heterocycles. The Balaban J connectivity index is 2.56. The summed E-state index contributed by atoms with van der Waals surface area (Å²) in [6, 6.07) is 2.61. The minimum absolute atomic E-state index is 0.0800. The van der Waals surface area contributed by atoms with Crippen molar-refractivity contribution in [2.75, 3.05) is 14.2 Å². The maximum Gasteiger partial charge on any atom is 0.508 e. The highest BCUT2D eigenvalue weighted by molar-refractivity contribution is 7.81. The number of aromatic nitrogens is 2. The number of alkyl halides is 3. The van der Waals surface area contributed by atoms with Gasteiger partial charge in [0.25, 0.3) is 5.88 Å². The summed E-state index contributed by atoms with van der Waals surface area (Å²) in [5, 5.41) is 0. The van der Waals surface area contributed by atoms with E-state index in [-0.39, 0.29) is 22.8 Å². The first-order valence-electron chi connectivity index (χ1n) is 6.01. The van der Waals surface area contributed by atoms with Crippen LogP contribution in [0.2, 0.25) is 0 Å². The van der Waals surface area contributed by atoms with E-state index in [0.717, 1.165) is 0 Å². The summed E-state index contributed by atoms with van der Waals surface area (Å²) in [5.74, 6) is -1.03. The van der Waals surface area contributed by atoms with E-state index in [2.05, 4.69) is 13.9 Å². The van der Waals surface area contributed by atoms with Crippen molar-refractivity contribution in [3.63, 3.8) is 0 Å². The number of aryl methyl sites for hydroxylation is 1. The van der Waals surface area contributed by atoms with E-state index in [1.807, 2.05) is 0 Å². The highest BCUT2D eigenvalue weighted by Gasteiger charge is 2.41. The smallest absolute Gasteiger partial charge is 0.482 e. The van der Waals surface area contributed by atoms with E-state index in [9.17, 15) is 22.2 Å². The topological polar surface area (TPSA) is 79.1 Å². The average Bonchev–Trinajstić information content (AvgIpc) is 2.80. The standard InChI is InChI=1S/C12H11F3N2O5S/c1-6-10(22-23(19)12(13,14)15)16-8-4-7(11(18)21-3)5-9(20-2)17(6)8/h4-5H,1-3H3. The molecular weight excluding hydrogens is 341 g/mol. The quantitative estimate of drug-likeness (QED) is 0.783. The monoisotopic (exact) mass is 352 g/mol. The molecule has 0 aromatic carbocycles. The highest BCUT2D eigenvalue weighted by Crippen LogP contribution is 2.29. The SMILES string of the molecule is COC(=O)c1cc(OC)n2c(C)c(OS(=O)C(F)(F)F)nc2c1. The third-order valence-electron chi connectivity index (χ3n) is 2.85. The van der Waals surface area contributed by atoms with Crippen LogP contribution in [0.3, 0.4) is 0 Å². The number of imidazole rings is 1. The fourth-order valence-electron chi connectivity index (χ4n) is 1.84. The van der Waals surface area contributed by atoms with Crippen LogP contribution >= 0.6 is 0 Å². The van der Waals surface area contributed by atoms with E-state index >= 15 is 0 Å². The lowest BCUT2D eigenvalue weighted by molar-refractivity contribution is -0.0438. The lowest BCUT2D eigenvalue weighted by atomic mass is 10.2. The van der Waals surface area contributed by atoms with Crippen LogP contribution in [0.1, 0.15) is 16.1 Å². The zero-order chi connectivity index (χ0) is 17.4. The van der Waals surface area contributed by atoms with E-state index in [0.29, 0.717) is 0 Å². The maximum atomic E-state index is 12.3. The van der Waals surface area contributed by atoms with Gasteiger partial charge in [-0.25, -0.2) is 9.00 Å². The molecule has 11 heteroatoms. The first kappa shape index (κ1) is 17.1. The lowest BCUT2D eigenvalue weighted by Crippen LogP contribution is -2.21. The number of pyridine rings is 1. The minimum atomic E-state index is -5.04. The highest BCUT2D eigenvalue weighted by atomic mass is 32.2. The van der Waals surface area contributed by atoms with E-state index in [1.54, 1.807) is 0 Å². The molecule has 1 atom stereocenters. The Morgan fingerprint density at radius 3 is 2.48 bits per heavy atom. The Kier molecular flexibility index (Phi) is 4.50. The zero-order valence-electron chi connectivity index (χ0n) is 12.1. The van der Waals surface area contributed by atoms with Gasteiger partial charge in [-0.3, -0.25) is 4.40 Å². The van der Waals surface area contributed by atoms with Crippen molar-refractivity contribution in [2.24, 2.45) is 0 Å². The molecular formula is C12H11F3N2O5S. The normalized spacial score (nSPS) is 13.0. The number of halogens is 3. The van der Waals surface area contributed by atoms with Crippen molar-refractivity contribution < 1.29 is 35.8 Å². The molecule has 0 amide bonds. The summed E-state index contributed by atoms with van der Waals surface area (Å²) < 4.78 is 63.4. The summed E-state index contributed by atoms with van der Waals surface area (Å²) in [5.41, 5.74) is -4.74. The molecule has 2 aromatic rings.